The van der Waals surface area contributed by atoms with E-state index >= 15 is 0 Å². The number of ether oxygens (including phenoxy) is 1. The number of nitrogens with zero attached hydrogens (tertiary/aromatic N) is 2. The predicted molar refractivity (Wildman–Crippen MR) is 48.8 cm³/mol. The normalized spacial score (nSPS) is 9.69. The van der Waals surface area contributed by atoms with Gasteiger partial charge < -0.3 is 15.2 Å². The first-order valence-electron chi connectivity index (χ1n) is 4.08. The summed E-state index contributed by atoms with van der Waals surface area (Å²) in [5.74, 6) is 1.05. The van der Waals surface area contributed by atoms with Crippen LogP contribution in [-0.4, -0.2) is 35.3 Å². The monoisotopic (exact) mass is 183 g/mol. The molecule has 2 N–H and O–H groups in total. The SMILES string of the molecule is COc1ccnc(NCCCO)n1. The van der Waals surface area contributed by atoms with Gasteiger partial charge in [-0.2, -0.15) is 4.98 Å². The number of hydrogen-bond donors (Lipinski definition) is 2. The highest BCUT2D eigenvalue weighted by Gasteiger charge is 1.96. The van der Waals surface area contributed by atoms with Crippen molar-refractivity contribution in [1.82, 2.24) is 9.97 Å². The second-order valence-electron chi connectivity index (χ2n) is 2.43. The lowest BCUT2D eigenvalue weighted by Crippen LogP contribution is -2.06. The minimum absolute atomic E-state index is 0.164. The molecule has 0 saturated carbocycles. The van der Waals surface area contributed by atoms with E-state index in [0.717, 1.165) is 0 Å². The van der Waals surface area contributed by atoms with Crippen molar-refractivity contribution in [2.24, 2.45) is 0 Å². The van der Waals surface area contributed by atoms with Gasteiger partial charge >= 0.3 is 0 Å². The van der Waals surface area contributed by atoms with Crippen molar-refractivity contribution in [3.63, 3.8) is 0 Å². The summed E-state index contributed by atoms with van der Waals surface area (Å²) in [6, 6.07) is 1.68. The third-order valence-electron chi connectivity index (χ3n) is 1.46. The zero-order valence-corrected chi connectivity index (χ0v) is 7.53. The molecule has 0 amide bonds. The number of aliphatic hydroxyl groups excluding tert-OH is 1. The molecule has 0 bridgehead atoms. The lowest BCUT2D eigenvalue weighted by atomic mass is 10.4. The molecule has 0 radical (unpaired) electrons. The Morgan fingerprint density at radius 3 is 3.15 bits per heavy atom. The Hall–Kier alpha value is -1.36. The maximum atomic E-state index is 8.54. The quantitative estimate of drug-likeness (QED) is 0.642. The zero-order valence-electron chi connectivity index (χ0n) is 7.53. The Morgan fingerprint density at radius 2 is 2.46 bits per heavy atom. The molecule has 1 heterocycles. The molecule has 0 aliphatic carbocycles. The van der Waals surface area contributed by atoms with Gasteiger partial charge in [0, 0.05) is 25.4 Å². The van der Waals surface area contributed by atoms with Crippen LogP contribution >= 0.6 is 0 Å². The van der Waals surface area contributed by atoms with Gasteiger partial charge in [-0.05, 0) is 6.42 Å². The van der Waals surface area contributed by atoms with Gasteiger partial charge in [0.15, 0.2) is 0 Å². The predicted octanol–water partition coefficient (Wildman–Crippen LogP) is 0.279. The van der Waals surface area contributed by atoms with E-state index in [1.54, 1.807) is 19.4 Å². The van der Waals surface area contributed by atoms with E-state index in [1.165, 1.54) is 0 Å². The van der Waals surface area contributed by atoms with Crippen LogP contribution in [0.1, 0.15) is 6.42 Å². The molecule has 5 nitrogen and oxygen atoms in total. The third kappa shape index (κ3) is 3.25. The molecule has 72 valence electrons. The number of anilines is 1. The van der Waals surface area contributed by atoms with E-state index in [-0.39, 0.29) is 6.61 Å². The van der Waals surface area contributed by atoms with Gasteiger partial charge in [-0.25, -0.2) is 4.98 Å². The number of aromatic nitrogens is 2. The summed E-state index contributed by atoms with van der Waals surface area (Å²) in [5, 5.41) is 11.5. The highest BCUT2D eigenvalue weighted by Crippen LogP contribution is 2.06. The molecule has 0 aromatic carbocycles. The van der Waals surface area contributed by atoms with Crippen molar-refractivity contribution in [2.45, 2.75) is 6.42 Å². The molecule has 0 aliphatic heterocycles. The van der Waals surface area contributed by atoms with E-state index in [4.69, 9.17) is 9.84 Å². The van der Waals surface area contributed by atoms with Crippen molar-refractivity contribution >= 4 is 5.95 Å². The fourth-order valence-corrected chi connectivity index (χ4v) is 0.820. The maximum Gasteiger partial charge on any atom is 0.225 e. The van der Waals surface area contributed by atoms with E-state index in [0.29, 0.717) is 24.8 Å². The second-order valence-corrected chi connectivity index (χ2v) is 2.43. The summed E-state index contributed by atoms with van der Waals surface area (Å²) in [6.45, 7) is 0.820. The molecule has 0 spiro atoms. The zero-order chi connectivity index (χ0) is 9.52. The fourth-order valence-electron chi connectivity index (χ4n) is 0.820. The van der Waals surface area contributed by atoms with Gasteiger partial charge in [-0.1, -0.05) is 0 Å². The van der Waals surface area contributed by atoms with Crippen LogP contribution in [0, 0.1) is 0 Å². The van der Waals surface area contributed by atoms with Gasteiger partial charge in [0.2, 0.25) is 11.8 Å². The summed E-state index contributed by atoms with van der Waals surface area (Å²) in [5.41, 5.74) is 0. The topological polar surface area (TPSA) is 67.3 Å². The summed E-state index contributed by atoms with van der Waals surface area (Å²) in [6.07, 6.45) is 2.30. The van der Waals surface area contributed by atoms with E-state index < -0.39 is 0 Å². The standard InChI is InChI=1S/C8H13N3O2/c1-13-7-3-5-10-8(11-7)9-4-2-6-12/h3,5,12H,2,4,6H2,1H3,(H,9,10,11). The van der Waals surface area contributed by atoms with Crippen LogP contribution in [0.2, 0.25) is 0 Å². The average Bonchev–Trinajstić information content (AvgIpc) is 2.19. The molecule has 1 aromatic heterocycles. The van der Waals surface area contributed by atoms with Crippen molar-refractivity contribution in [3.8, 4) is 5.88 Å². The molecule has 0 saturated heterocycles. The van der Waals surface area contributed by atoms with Crippen LogP contribution in [0.15, 0.2) is 12.3 Å². The largest absolute Gasteiger partial charge is 0.481 e. The summed E-state index contributed by atoms with van der Waals surface area (Å²) in [4.78, 5) is 8.01. The van der Waals surface area contributed by atoms with Crippen molar-refractivity contribution in [3.05, 3.63) is 12.3 Å². The molecule has 0 fully saturated rings. The van der Waals surface area contributed by atoms with Crippen LogP contribution < -0.4 is 10.1 Å². The van der Waals surface area contributed by atoms with Gasteiger partial charge in [-0.15, -0.1) is 0 Å². The summed E-state index contributed by atoms with van der Waals surface area (Å²) in [7, 11) is 1.56. The number of nitrogens with one attached hydrogen (secondary N) is 1. The van der Waals surface area contributed by atoms with E-state index in [9.17, 15) is 0 Å². The molecule has 13 heavy (non-hydrogen) atoms. The molecule has 1 rings (SSSR count). The molecule has 5 heteroatoms. The minimum atomic E-state index is 0.164. The summed E-state index contributed by atoms with van der Waals surface area (Å²) < 4.78 is 4.92. The second kappa shape index (κ2) is 5.31. The Kier molecular flexibility index (Phi) is 3.98. The van der Waals surface area contributed by atoms with Gasteiger partial charge in [0.05, 0.1) is 7.11 Å². The minimum Gasteiger partial charge on any atom is -0.481 e. The molecular formula is C8H13N3O2. The van der Waals surface area contributed by atoms with Crippen molar-refractivity contribution in [1.29, 1.82) is 0 Å². The lowest BCUT2D eigenvalue weighted by molar-refractivity contribution is 0.292. The lowest BCUT2D eigenvalue weighted by Gasteiger charge is -2.03. The molecular weight excluding hydrogens is 170 g/mol. The van der Waals surface area contributed by atoms with Gasteiger partial charge in [0.1, 0.15) is 0 Å². The molecule has 0 unspecified atom stereocenters. The smallest absolute Gasteiger partial charge is 0.225 e. The molecule has 0 aliphatic rings. The van der Waals surface area contributed by atoms with Gasteiger partial charge in [-0.3, -0.25) is 0 Å². The number of rotatable bonds is 5. The third-order valence-corrected chi connectivity index (χ3v) is 1.46. The fraction of sp³-hybridized carbons (Fsp3) is 0.500. The van der Waals surface area contributed by atoms with E-state index in [2.05, 4.69) is 15.3 Å². The number of hydrogen-bond acceptors (Lipinski definition) is 5. The van der Waals surface area contributed by atoms with Crippen LogP contribution in [0.4, 0.5) is 5.95 Å². The van der Waals surface area contributed by atoms with Crippen molar-refractivity contribution in [2.75, 3.05) is 25.6 Å². The molecule has 0 atom stereocenters. The summed E-state index contributed by atoms with van der Waals surface area (Å²) >= 11 is 0. The Morgan fingerprint density at radius 1 is 1.62 bits per heavy atom. The van der Waals surface area contributed by atoms with Crippen molar-refractivity contribution < 1.29 is 9.84 Å². The highest BCUT2D eigenvalue weighted by molar-refractivity contribution is 5.26. The first kappa shape index (κ1) is 9.73. The molecule has 1 aromatic rings. The first-order chi connectivity index (χ1) is 6.36. The highest BCUT2D eigenvalue weighted by atomic mass is 16.5. The Balaban J connectivity index is 2.46. The first-order valence-corrected chi connectivity index (χ1v) is 4.08. The van der Waals surface area contributed by atoms with Crippen LogP contribution in [0.5, 0.6) is 5.88 Å². The van der Waals surface area contributed by atoms with Gasteiger partial charge in [0.25, 0.3) is 0 Å². The number of aliphatic hydroxyl groups is 1. The van der Waals surface area contributed by atoms with Crippen LogP contribution in [-0.2, 0) is 0 Å². The Bertz CT molecular complexity index is 255. The van der Waals surface area contributed by atoms with Crippen LogP contribution in [0.25, 0.3) is 0 Å². The Labute approximate surface area is 76.8 Å². The average molecular weight is 183 g/mol. The van der Waals surface area contributed by atoms with Crippen LogP contribution in [0.3, 0.4) is 0 Å². The van der Waals surface area contributed by atoms with E-state index in [1.807, 2.05) is 0 Å². The maximum absolute atomic E-state index is 8.54. The number of methoxy groups -OCH3 is 1.